The number of amides is 3. The molecular formula is C10H15N3O3. The van der Waals surface area contributed by atoms with Crippen molar-refractivity contribution in [1.82, 2.24) is 15.5 Å². The summed E-state index contributed by atoms with van der Waals surface area (Å²) in [6.07, 6.45) is 0.581. The standard InChI is InChI=1S/C10H15N3O3/c1-11-4-8(14)13-3-2-6-7(5-13)10(16)12-9(6)15/h6-7,11H,2-5H2,1H3,(H,12,15,16). The van der Waals surface area contributed by atoms with Crippen molar-refractivity contribution in [2.45, 2.75) is 6.42 Å². The highest BCUT2D eigenvalue weighted by Crippen LogP contribution is 2.28. The van der Waals surface area contributed by atoms with Crippen molar-refractivity contribution in [1.29, 1.82) is 0 Å². The minimum absolute atomic E-state index is 0.0203. The first-order valence-corrected chi connectivity index (χ1v) is 5.40. The number of likely N-dealkylation sites (tertiary alicyclic amines) is 1. The van der Waals surface area contributed by atoms with Gasteiger partial charge in [0.1, 0.15) is 0 Å². The number of nitrogens with one attached hydrogen (secondary N) is 2. The predicted octanol–water partition coefficient (Wildman–Crippen LogP) is -1.67. The Hall–Kier alpha value is -1.43. The first-order chi connectivity index (χ1) is 7.63. The van der Waals surface area contributed by atoms with Crippen LogP contribution in [-0.2, 0) is 14.4 Å². The Labute approximate surface area is 93.4 Å². The first kappa shape index (κ1) is 11.1. The quantitative estimate of drug-likeness (QED) is 0.551. The third-order valence-corrected chi connectivity index (χ3v) is 3.21. The molecule has 88 valence electrons. The van der Waals surface area contributed by atoms with Gasteiger partial charge in [-0.15, -0.1) is 0 Å². The molecule has 6 nitrogen and oxygen atoms in total. The maximum absolute atomic E-state index is 11.6. The van der Waals surface area contributed by atoms with Crippen molar-refractivity contribution in [3.05, 3.63) is 0 Å². The lowest BCUT2D eigenvalue weighted by molar-refractivity contribution is -0.135. The highest BCUT2D eigenvalue weighted by molar-refractivity contribution is 6.05. The highest BCUT2D eigenvalue weighted by atomic mass is 16.2. The minimum Gasteiger partial charge on any atom is -0.341 e. The topological polar surface area (TPSA) is 78.5 Å². The zero-order valence-electron chi connectivity index (χ0n) is 9.16. The van der Waals surface area contributed by atoms with Crippen LogP contribution in [0.5, 0.6) is 0 Å². The van der Waals surface area contributed by atoms with Crippen LogP contribution in [0, 0.1) is 11.8 Å². The Kier molecular flexibility index (Phi) is 2.91. The van der Waals surface area contributed by atoms with Gasteiger partial charge < -0.3 is 10.2 Å². The summed E-state index contributed by atoms with van der Waals surface area (Å²) in [7, 11) is 1.70. The Balaban J connectivity index is 2.02. The number of likely N-dealkylation sites (N-methyl/N-ethyl adjacent to an activating group) is 1. The van der Waals surface area contributed by atoms with E-state index in [1.54, 1.807) is 11.9 Å². The highest BCUT2D eigenvalue weighted by Gasteiger charge is 2.45. The van der Waals surface area contributed by atoms with Gasteiger partial charge in [0.2, 0.25) is 17.7 Å². The van der Waals surface area contributed by atoms with Crippen molar-refractivity contribution in [2.75, 3.05) is 26.7 Å². The van der Waals surface area contributed by atoms with E-state index < -0.39 is 0 Å². The van der Waals surface area contributed by atoms with Gasteiger partial charge in [-0.05, 0) is 13.5 Å². The molecular weight excluding hydrogens is 210 g/mol. The van der Waals surface area contributed by atoms with Crippen LogP contribution in [-0.4, -0.2) is 49.3 Å². The third-order valence-electron chi connectivity index (χ3n) is 3.21. The summed E-state index contributed by atoms with van der Waals surface area (Å²) in [5.41, 5.74) is 0. The van der Waals surface area contributed by atoms with Crippen molar-refractivity contribution >= 4 is 17.7 Å². The van der Waals surface area contributed by atoms with Crippen molar-refractivity contribution in [3.63, 3.8) is 0 Å². The average Bonchev–Trinajstić information content (AvgIpc) is 2.55. The maximum atomic E-state index is 11.6. The summed E-state index contributed by atoms with van der Waals surface area (Å²) in [6, 6.07) is 0. The number of imide groups is 1. The number of fused-ring (bicyclic) bond motifs is 1. The van der Waals surface area contributed by atoms with Crippen LogP contribution in [0.4, 0.5) is 0 Å². The number of rotatable bonds is 2. The molecule has 2 aliphatic rings. The molecule has 0 saturated carbocycles. The third kappa shape index (κ3) is 1.80. The maximum Gasteiger partial charge on any atom is 0.236 e. The molecule has 0 aliphatic carbocycles. The zero-order chi connectivity index (χ0) is 11.7. The molecule has 0 spiro atoms. The van der Waals surface area contributed by atoms with E-state index >= 15 is 0 Å². The lowest BCUT2D eigenvalue weighted by atomic mass is 9.88. The molecule has 16 heavy (non-hydrogen) atoms. The molecule has 2 saturated heterocycles. The fourth-order valence-corrected chi connectivity index (χ4v) is 2.33. The molecule has 0 aromatic heterocycles. The predicted molar refractivity (Wildman–Crippen MR) is 55.3 cm³/mol. The SMILES string of the molecule is CNCC(=O)N1CCC2C(=O)NC(=O)C2C1. The molecule has 2 rings (SSSR count). The van der Waals surface area contributed by atoms with Gasteiger partial charge in [0.15, 0.2) is 0 Å². The number of piperidine rings is 1. The summed E-state index contributed by atoms with van der Waals surface area (Å²) in [5, 5.41) is 5.10. The van der Waals surface area contributed by atoms with Crippen LogP contribution in [0.25, 0.3) is 0 Å². The Morgan fingerprint density at radius 3 is 2.81 bits per heavy atom. The Morgan fingerprint density at radius 1 is 1.44 bits per heavy atom. The van der Waals surface area contributed by atoms with E-state index in [-0.39, 0.29) is 36.1 Å². The molecule has 2 N–H and O–H groups in total. The molecule has 2 aliphatic heterocycles. The monoisotopic (exact) mass is 225 g/mol. The number of nitrogens with zero attached hydrogens (tertiary/aromatic N) is 1. The van der Waals surface area contributed by atoms with Crippen LogP contribution in [0.15, 0.2) is 0 Å². The molecule has 0 aromatic carbocycles. The minimum atomic E-state index is -0.345. The van der Waals surface area contributed by atoms with Gasteiger partial charge in [-0.3, -0.25) is 19.7 Å². The Bertz CT molecular complexity index is 342. The smallest absolute Gasteiger partial charge is 0.236 e. The molecule has 0 radical (unpaired) electrons. The summed E-state index contributed by atoms with van der Waals surface area (Å²) >= 11 is 0. The summed E-state index contributed by atoms with van der Waals surface area (Å²) in [6.45, 7) is 1.19. The molecule has 2 atom stereocenters. The van der Waals surface area contributed by atoms with E-state index in [4.69, 9.17) is 0 Å². The van der Waals surface area contributed by atoms with Gasteiger partial charge in [0, 0.05) is 13.1 Å². The molecule has 2 unspecified atom stereocenters. The van der Waals surface area contributed by atoms with E-state index in [1.165, 1.54) is 0 Å². The number of hydrogen-bond acceptors (Lipinski definition) is 4. The number of hydrogen-bond donors (Lipinski definition) is 2. The normalized spacial score (nSPS) is 28.9. The fraction of sp³-hybridized carbons (Fsp3) is 0.700. The van der Waals surface area contributed by atoms with Gasteiger partial charge in [-0.25, -0.2) is 0 Å². The molecule has 3 amide bonds. The van der Waals surface area contributed by atoms with Crippen LogP contribution in [0.3, 0.4) is 0 Å². The molecule has 6 heteroatoms. The average molecular weight is 225 g/mol. The van der Waals surface area contributed by atoms with Gasteiger partial charge >= 0.3 is 0 Å². The van der Waals surface area contributed by atoms with Crippen LogP contribution in [0.2, 0.25) is 0 Å². The van der Waals surface area contributed by atoms with Gasteiger partial charge in [0.05, 0.1) is 18.4 Å². The second kappa shape index (κ2) is 4.21. The lowest BCUT2D eigenvalue weighted by Crippen LogP contribution is -2.47. The van der Waals surface area contributed by atoms with Crippen molar-refractivity contribution < 1.29 is 14.4 Å². The van der Waals surface area contributed by atoms with Gasteiger partial charge in [-0.2, -0.15) is 0 Å². The van der Waals surface area contributed by atoms with Crippen LogP contribution >= 0.6 is 0 Å². The van der Waals surface area contributed by atoms with Gasteiger partial charge in [0.25, 0.3) is 0 Å². The van der Waals surface area contributed by atoms with E-state index in [2.05, 4.69) is 10.6 Å². The molecule has 2 heterocycles. The van der Waals surface area contributed by atoms with Crippen LogP contribution in [0.1, 0.15) is 6.42 Å². The van der Waals surface area contributed by atoms with E-state index in [9.17, 15) is 14.4 Å². The van der Waals surface area contributed by atoms with E-state index in [0.29, 0.717) is 19.5 Å². The Morgan fingerprint density at radius 2 is 2.12 bits per heavy atom. The lowest BCUT2D eigenvalue weighted by Gasteiger charge is -2.32. The second-order valence-corrected chi connectivity index (χ2v) is 4.23. The van der Waals surface area contributed by atoms with E-state index in [1.807, 2.05) is 0 Å². The first-order valence-electron chi connectivity index (χ1n) is 5.40. The van der Waals surface area contributed by atoms with Gasteiger partial charge in [-0.1, -0.05) is 0 Å². The van der Waals surface area contributed by atoms with Crippen molar-refractivity contribution in [2.24, 2.45) is 11.8 Å². The largest absolute Gasteiger partial charge is 0.341 e. The van der Waals surface area contributed by atoms with E-state index in [0.717, 1.165) is 0 Å². The summed E-state index contributed by atoms with van der Waals surface area (Å²) in [4.78, 5) is 36.1. The number of carbonyl (C=O) groups excluding carboxylic acids is 3. The molecule has 0 aromatic rings. The molecule has 0 bridgehead atoms. The number of carbonyl (C=O) groups is 3. The fourth-order valence-electron chi connectivity index (χ4n) is 2.33. The van der Waals surface area contributed by atoms with Crippen LogP contribution < -0.4 is 10.6 Å². The second-order valence-electron chi connectivity index (χ2n) is 4.23. The molecule has 2 fully saturated rings. The summed E-state index contributed by atoms with van der Waals surface area (Å²) < 4.78 is 0. The van der Waals surface area contributed by atoms with Crippen molar-refractivity contribution in [3.8, 4) is 0 Å². The zero-order valence-corrected chi connectivity index (χ0v) is 9.16. The summed E-state index contributed by atoms with van der Waals surface area (Å²) in [5.74, 6) is -1.02.